The molecular weight excluding hydrogens is 248 g/mol. The molecule has 1 aromatic carbocycles. The van der Waals surface area contributed by atoms with Crippen LogP contribution in [0.3, 0.4) is 0 Å². The number of hydrogen-bond acceptors (Lipinski definition) is 3. The zero-order valence-corrected chi connectivity index (χ0v) is 12.1. The lowest BCUT2D eigenvalue weighted by atomic mass is 9.95. The van der Waals surface area contributed by atoms with Gasteiger partial charge in [0.2, 0.25) is 0 Å². The van der Waals surface area contributed by atoms with Gasteiger partial charge in [0.25, 0.3) is 0 Å². The molecule has 2 atom stereocenters. The Kier molecular flexibility index (Phi) is 3.85. The molecule has 106 valence electrons. The van der Waals surface area contributed by atoms with Gasteiger partial charge in [0.05, 0.1) is 6.20 Å². The third-order valence-electron chi connectivity index (χ3n) is 4.17. The van der Waals surface area contributed by atoms with E-state index in [9.17, 15) is 0 Å². The SMILES string of the molecule is Cc1[nH]ncc1C(C)NCC1Cc2ccccc2CN1. The number of benzene rings is 1. The average molecular weight is 270 g/mol. The van der Waals surface area contributed by atoms with E-state index in [1.54, 1.807) is 0 Å². The molecule has 1 aliphatic heterocycles. The van der Waals surface area contributed by atoms with Crippen molar-refractivity contribution in [1.82, 2.24) is 20.8 Å². The van der Waals surface area contributed by atoms with Crippen molar-refractivity contribution >= 4 is 0 Å². The van der Waals surface area contributed by atoms with Crippen LogP contribution in [-0.2, 0) is 13.0 Å². The van der Waals surface area contributed by atoms with E-state index in [2.05, 4.69) is 58.9 Å². The van der Waals surface area contributed by atoms with Gasteiger partial charge in [0.1, 0.15) is 0 Å². The minimum Gasteiger partial charge on any atom is -0.309 e. The third kappa shape index (κ3) is 2.76. The van der Waals surface area contributed by atoms with Crippen LogP contribution in [0.25, 0.3) is 0 Å². The topological polar surface area (TPSA) is 52.7 Å². The highest BCUT2D eigenvalue weighted by Crippen LogP contribution is 2.17. The zero-order chi connectivity index (χ0) is 13.9. The Bertz CT molecular complexity index is 575. The monoisotopic (exact) mass is 270 g/mol. The number of aromatic amines is 1. The number of rotatable bonds is 4. The molecule has 0 amide bonds. The largest absolute Gasteiger partial charge is 0.309 e. The number of H-pyrrole nitrogens is 1. The van der Waals surface area contributed by atoms with Gasteiger partial charge in [-0.15, -0.1) is 0 Å². The van der Waals surface area contributed by atoms with Crippen LogP contribution in [-0.4, -0.2) is 22.8 Å². The van der Waals surface area contributed by atoms with Gasteiger partial charge in [0.15, 0.2) is 0 Å². The summed E-state index contributed by atoms with van der Waals surface area (Å²) in [5.41, 5.74) is 5.31. The Morgan fingerprint density at radius 3 is 2.90 bits per heavy atom. The number of aryl methyl sites for hydroxylation is 1. The second kappa shape index (κ2) is 5.77. The average Bonchev–Trinajstić information content (AvgIpc) is 2.91. The minimum atomic E-state index is 0.327. The summed E-state index contributed by atoms with van der Waals surface area (Å²) in [5.74, 6) is 0. The first-order chi connectivity index (χ1) is 9.74. The summed E-state index contributed by atoms with van der Waals surface area (Å²) in [6, 6.07) is 9.53. The van der Waals surface area contributed by atoms with Crippen molar-refractivity contribution in [2.45, 2.75) is 38.9 Å². The van der Waals surface area contributed by atoms with Crippen LogP contribution in [0.15, 0.2) is 30.5 Å². The quantitative estimate of drug-likeness (QED) is 0.797. The van der Waals surface area contributed by atoms with Gasteiger partial charge in [-0.3, -0.25) is 5.10 Å². The van der Waals surface area contributed by atoms with Gasteiger partial charge in [-0.1, -0.05) is 24.3 Å². The number of nitrogens with zero attached hydrogens (tertiary/aromatic N) is 1. The van der Waals surface area contributed by atoms with Crippen molar-refractivity contribution < 1.29 is 0 Å². The molecule has 3 N–H and O–H groups in total. The Balaban J connectivity index is 1.57. The summed E-state index contributed by atoms with van der Waals surface area (Å²) < 4.78 is 0. The second-order valence-corrected chi connectivity index (χ2v) is 5.63. The van der Waals surface area contributed by atoms with E-state index in [1.165, 1.54) is 16.7 Å². The number of nitrogens with one attached hydrogen (secondary N) is 3. The zero-order valence-electron chi connectivity index (χ0n) is 12.1. The minimum absolute atomic E-state index is 0.327. The van der Waals surface area contributed by atoms with Gasteiger partial charge in [-0.05, 0) is 31.4 Å². The fourth-order valence-electron chi connectivity index (χ4n) is 2.89. The molecule has 1 aliphatic rings. The van der Waals surface area contributed by atoms with Crippen molar-refractivity contribution in [2.24, 2.45) is 0 Å². The summed E-state index contributed by atoms with van der Waals surface area (Å²) in [6.07, 6.45) is 3.01. The van der Waals surface area contributed by atoms with Crippen LogP contribution in [0, 0.1) is 6.92 Å². The molecule has 2 aromatic rings. The third-order valence-corrected chi connectivity index (χ3v) is 4.17. The summed E-state index contributed by atoms with van der Waals surface area (Å²) in [4.78, 5) is 0. The van der Waals surface area contributed by atoms with Gasteiger partial charge in [0, 0.05) is 36.4 Å². The van der Waals surface area contributed by atoms with Crippen LogP contribution in [0.1, 0.15) is 35.3 Å². The Hall–Kier alpha value is -1.65. The van der Waals surface area contributed by atoms with E-state index in [-0.39, 0.29) is 0 Å². The maximum absolute atomic E-state index is 4.09. The van der Waals surface area contributed by atoms with E-state index >= 15 is 0 Å². The smallest absolute Gasteiger partial charge is 0.0537 e. The maximum Gasteiger partial charge on any atom is 0.0537 e. The molecule has 4 heteroatoms. The van der Waals surface area contributed by atoms with Gasteiger partial charge >= 0.3 is 0 Å². The van der Waals surface area contributed by atoms with Crippen molar-refractivity contribution in [3.05, 3.63) is 52.8 Å². The van der Waals surface area contributed by atoms with Gasteiger partial charge in [-0.25, -0.2) is 0 Å². The van der Waals surface area contributed by atoms with Gasteiger partial charge < -0.3 is 10.6 Å². The fourth-order valence-corrected chi connectivity index (χ4v) is 2.89. The lowest BCUT2D eigenvalue weighted by Crippen LogP contribution is -2.43. The first-order valence-corrected chi connectivity index (χ1v) is 7.27. The lowest BCUT2D eigenvalue weighted by molar-refractivity contribution is 0.425. The number of hydrogen-bond donors (Lipinski definition) is 3. The van der Waals surface area contributed by atoms with E-state index in [0.29, 0.717) is 12.1 Å². The van der Waals surface area contributed by atoms with Gasteiger partial charge in [-0.2, -0.15) is 5.10 Å². The van der Waals surface area contributed by atoms with Crippen molar-refractivity contribution in [1.29, 1.82) is 0 Å². The number of aromatic nitrogens is 2. The Labute approximate surface area is 120 Å². The molecule has 0 bridgehead atoms. The summed E-state index contributed by atoms with van der Waals surface area (Å²) in [5, 5.41) is 14.3. The molecule has 20 heavy (non-hydrogen) atoms. The van der Waals surface area contributed by atoms with E-state index < -0.39 is 0 Å². The highest BCUT2D eigenvalue weighted by Gasteiger charge is 2.18. The molecule has 0 fully saturated rings. The molecule has 4 nitrogen and oxygen atoms in total. The Morgan fingerprint density at radius 1 is 1.35 bits per heavy atom. The van der Waals surface area contributed by atoms with E-state index in [0.717, 1.165) is 25.2 Å². The highest BCUT2D eigenvalue weighted by atomic mass is 15.1. The first-order valence-electron chi connectivity index (χ1n) is 7.27. The van der Waals surface area contributed by atoms with Crippen LogP contribution >= 0.6 is 0 Å². The summed E-state index contributed by atoms with van der Waals surface area (Å²) in [7, 11) is 0. The van der Waals surface area contributed by atoms with Crippen molar-refractivity contribution in [3.8, 4) is 0 Å². The predicted molar refractivity (Wildman–Crippen MR) is 80.5 cm³/mol. The molecule has 0 saturated carbocycles. The van der Waals surface area contributed by atoms with Crippen LogP contribution < -0.4 is 10.6 Å². The molecule has 0 aliphatic carbocycles. The summed E-state index contributed by atoms with van der Waals surface area (Å²) in [6.45, 7) is 6.20. The van der Waals surface area contributed by atoms with Crippen LogP contribution in [0.4, 0.5) is 0 Å². The Morgan fingerprint density at radius 2 is 2.15 bits per heavy atom. The molecule has 2 heterocycles. The first kappa shape index (κ1) is 13.3. The lowest BCUT2D eigenvalue weighted by Gasteiger charge is -2.27. The van der Waals surface area contributed by atoms with Crippen LogP contribution in [0.2, 0.25) is 0 Å². The van der Waals surface area contributed by atoms with E-state index in [1.807, 2.05) is 6.20 Å². The molecule has 1 aromatic heterocycles. The van der Waals surface area contributed by atoms with E-state index in [4.69, 9.17) is 0 Å². The molecule has 0 saturated heterocycles. The van der Waals surface area contributed by atoms with Crippen molar-refractivity contribution in [2.75, 3.05) is 6.54 Å². The standard InChI is InChI=1S/C16H22N4/c1-11(16-10-19-20-12(16)2)17-9-15-7-13-5-3-4-6-14(13)8-18-15/h3-6,10-11,15,17-18H,7-9H2,1-2H3,(H,19,20). The second-order valence-electron chi connectivity index (χ2n) is 5.63. The van der Waals surface area contributed by atoms with Crippen LogP contribution in [0.5, 0.6) is 0 Å². The molecule has 3 rings (SSSR count). The predicted octanol–water partition coefficient (Wildman–Crippen LogP) is 2.08. The highest BCUT2D eigenvalue weighted by molar-refractivity contribution is 5.30. The normalized spacial score (nSPS) is 19.6. The summed E-state index contributed by atoms with van der Waals surface area (Å²) >= 11 is 0. The maximum atomic E-state index is 4.09. The van der Waals surface area contributed by atoms with Crippen molar-refractivity contribution in [3.63, 3.8) is 0 Å². The number of fused-ring (bicyclic) bond motifs is 1. The molecule has 2 unspecified atom stereocenters. The molecule has 0 spiro atoms. The fraction of sp³-hybridized carbons (Fsp3) is 0.438. The molecule has 0 radical (unpaired) electrons. The molecular formula is C16H22N4.